The Bertz CT molecular complexity index is 916. The van der Waals surface area contributed by atoms with Crippen molar-refractivity contribution in [1.29, 1.82) is 0 Å². The van der Waals surface area contributed by atoms with Crippen molar-refractivity contribution >= 4 is 11.8 Å². The minimum Gasteiger partial charge on any atom is -0.463 e. The number of aromatic nitrogens is 3. The Morgan fingerprint density at radius 3 is 2.52 bits per heavy atom. The van der Waals surface area contributed by atoms with Crippen LogP contribution in [0.4, 0.5) is 0 Å². The average molecular weight is 316 g/mol. The summed E-state index contributed by atoms with van der Waals surface area (Å²) in [6, 6.07) is 7.27. The topological polar surface area (TPSA) is 98.4 Å². The Kier molecular flexibility index (Phi) is 3.32. The number of aliphatic imine (C=N–C) groups is 1. The van der Waals surface area contributed by atoms with Crippen LogP contribution in [0.5, 0.6) is 0 Å². The number of carbonyl (C=O) groups excluding carboxylic acids is 1. The van der Waals surface area contributed by atoms with Crippen LogP contribution >= 0.6 is 0 Å². The summed E-state index contributed by atoms with van der Waals surface area (Å²) in [4.78, 5) is 43.0. The van der Waals surface area contributed by atoms with Gasteiger partial charge in [-0.15, -0.1) is 0 Å². The van der Waals surface area contributed by atoms with Gasteiger partial charge in [-0.2, -0.15) is 9.36 Å². The monoisotopic (exact) mass is 316 g/mol. The van der Waals surface area contributed by atoms with Gasteiger partial charge in [-0.3, -0.25) is 4.98 Å². The van der Waals surface area contributed by atoms with Crippen molar-refractivity contribution in [3.05, 3.63) is 56.4 Å². The maximum atomic E-state index is 12.3. The lowest BCUT2D eigenvalue weighted by molar-refractivity contribution is -0.153. The van der Waals surface area contributed by atoms with Crippen molar-refractivity contribution in [3.8, 4) is 0 Å². The average Bonchev–Trinajstić information content (AvgIpc) is 2.98. The lowest BCUT2D eigenvalue weighted by Crippen LogP contribution is -2.44. The number of benzene rings is 1. The molecule has 1 unspecified atom stereocenters. The van der Waals surface area contributed by atoms with Crippen LogP contribution in [0.15, 0.2) is 38.8 Å². The van der Waals surface area contributed by atoms with E-state index in [1.165, 1.54) is 6.92 Å². The van der Waals surface area contributed by atoms with Crippen LogP contribution in [-0.2, 0) is 15.2 Å². The van der Waals surface area contributed by atoms with Gasteiger partial charge in [0.2, 0.25) is 0 Å². The molecule has 1 aliphatic rings. The second kappa shape index (κ2) is 5.08. The summed E-state index contributed by atoms with van der Waals surface area (Å²) in [5.41, 5.74) is -1.32. The van der Waals surface area contributed by atoms with E-state index in [1.807, 2.05) is 19.1 Å². The maximum absolute atomic E-state index is 12.3. The normalized spacial score (nSPS) is 19.3. The minimum absolute atomic E-state index is 0.146. The molecule has 0 aliphatic carbocycles. The van der Waals surface area contributed by atoms with E-state index in [9.17, 15) is 14.4 Å². The third kappa shape index (κ3) is 2.14. The van der Waals surface area contributed by atoms with E-state index in [0.717, 1.165) is 14.9 Å². The zero-order valence-electron chi connectivity index (χ0n) is 13.0. The number of ether oxygens (including phenoxy) is 1. The number of carbonyl (C=O) groups is 1. The van der Waals surface area contributed by atoms with Crippen molar-refractivity contribution in [2.75, 3.05) is 6.61 Å². The highest BCUT2D eigenvalue weighted by Gasteiger charge is 2.46. The van der Waals surface area contributed by atoms with E-state index >= 15 is 0 Å². The fraction of sp³-hybridized carbons (Fsp3) is 0.333. The van der Waals surface area contributed by atoms with E-state index < -0.39 is 23.0 Å². The van der Waals surface area contributed by atoms with E-state index in [-0.39, 0.29) is 12.4 Å². The fourth-order valence-corrected chi connectivity index (χ4v) is 2.55. The summed E-state index contributed by atoms with van der Waals surface area (Å²) in [5, 5.41) is 0. The molecule has 1 aromatic carbocycles. The highest BCUT2D eigenvalue weighted by Crippen LogP contribution is 2.25. The first-order valence-electron chi connectivity index (χ1n) is 7.18. The van der Waals surface area contributed by atoms with Gasteiger partial charge in [-0.05, 0) is 20.8 Å². The highest BCUT2D eigenvalue weighted by molar-refractivity contribution is 6.02. The number of aromatic amines is 1. The van der Waals surface area contributed by atoms with Crippen LogP contribution in [0, 0.1) is 6.92 Å². The number of nitrogens with one attached hydrogen (secondary N) is 1. The molecule has 3 rings (SSSR count). The molecule has 23 heavy (non-hydrogen) atoms. The van der Waals surface area contributed by atoms with Crippen LogP contribution in [-0.4, -0.2) is 32.8 Å². The predicted molar refractivity (Wildman–Crippen MR) is 82.7 cm³/mol. The Labute approximate surface area is 131 Å². The number of nitrogens with zero attached hydrogens (tertiary/aromatic N) is 3. The van der Waals surface area contributed by atoms with Gasteiger partial charge in [0.1, 0.15) is 0 Å². The van der Waals surface area contributed by atoms with E-state index in [2.05, 4.69) is 9.98 Å². The first kappa shape index (κ1) is 15.0. The molecule has 1 aliphatic heterocycles. The predicted octanol–water partition coefficient (Wildman–Crippen LogP) is 0.191. The second-order valence-corrected chi connectivity index (χ2v) is 5.40. The molecular formula is C15H16N4O4. The quantitative estimate of drug-likeness (QED) is 0.817. The van der Waals surface area contributed by atoms with Gasteiger partial charge in [0.25, 0.3) is 5.66 Å². The van der Waals surface area contributed by atoms with Gasteiger partial charge >= 0.3 is 17.3 Å². The first-order chi connectivity index (χ1) is 10.9. The molecule has 0 bridgehead atoms. The van der Waals surface area contributed by atoms with Gasteiger partial charge in [0, 0.05) is 5.56 Å². The number of hydrogen-bond acceptors (Lipinski definition) is 5. The number of esters is 1. The molecule has 0 radical (unpaired) electrons. The molecule has 8 heteroatoms. The fourth-order valence-electron chi connectivity index (χ4n) is 2.55. The number of rotatable bonds is 3. The molecule has 0 saturated carbocycles. The second-order valence-electron chi connectivity index (χ2n) is 5.40. The number of aryl methyl sites for hydroxylation is 1. The standard InChI is InChI=1S/C15H16N4O4/c1-4-23-12(20)15(3)17-11(10-7-5-9(2)6-8-10)18-13(21)16-14(22)19(15)18/h5-8H,4H2,1-3H3,(H,16,21,22). The van der Waals surface area contributed by atoms with Crippen molar-refractivity contribution in [2.24, 2.45) is 4.99 Å². The van der Waals surface area contributed by atoms with Crippen LogP contribution in [0.3, 0.4) is 0 Å². The zero-order valence-corrected chi connectivity index (χ0v) is 13.0. The molecule has 2 aromatic rings. The lowest BCUT2D eigenvalue weighted by atomic mass is 10.1. The van der Waals surface area contributed by atoms with Crippen molar-refractivity contribution in [1.82, 2.24) is 14.3 Å². The molecule has 2 heterocycles. The number of H-pyrrole nitrogens is 1. The third-order valence-corrected chi connectivity index (χ3v) is 3.71. The van der Waals surface area contributed by atoms with Gasteiger partial charge in [0.05, 0.1) is 6.61 Å². The molecule has 8 nitrogen and oxygen atoms in total. The molecule has 0 amide bonds. The summed E-state index contributed by atoms with van der Waals surface area (Å²) in [6.45, 7) is 5.18. The minimum atomic E-state index is -1.62. The summed E-state index contributed by atoms with van der Waals surface area (Å²) >= 11 is 0. The van der Waals surface area contributed by atoms with Gasteiger partial charge in [-0.1, -0.05) is 29.8 Å². The Hall–Kier alpha value is -2.90. The Balaban J connectivity index is 2.26. The highest BCUT2D eigenvalue weighted by atomic mass is 16.5. The van der Waals surface area contributed by atoms with Crippen molar-refractivity contribution in [3.63, 3.8) is 0 Å². The molecule has 0 spiro atoms. The van der Waals surface area contributed by atoms with Crippen LogP contribution in [0.1, 0.15) is 25.0 Å². The van der Waals surface area contributed by atoms with Crippen LogP contribution in [0.25, 0.3) is 0 Å². The third-order valence-electron chi connectivity index (χ3n) is 3.71. The van der Waals surface area contributed by atoms with Crippen molar-refractivity contribution < 1.29 is 9.53 Å². The molecule has 0 saturated heterocycles. The molecule has 1 aromatic heterocycles. The van der Waals surface area contributed by atoms with Gasteiger partial charge in [0.15, 0.2) is 5.84 Å². The van der Waals surface area contributed by atoms with Gasteiger partial charge < -0.3 is 4.74 Å². The van der Waals surface area contributed by atoms with Crippen molar-refractivity contribution in [2.45, 2.75) is 26.4 Å². The molecule has 1 N–H and O–H groups in total. The summed E-state index contributed by atoms with van der Waals surface area (Å²) in [6.07, 6.45) is 0. The summed E-state index contributed by atoms with van der Waals surface area (Å²) < 4.78 is 7.08. The van der Waals surface area contributed by atoms with Crippen LogP contribution in [0.2, 0.25) is 0 Å². The molecule has 1 atom stereocenters. The first-order valence-corrected chi connectivity index (χ1v) is 7.18. The number of fused-ring (bicyclic) bond motifs is 1. The smallest absolute Gasteiger partial charge is 0.356 e. The van der Waals surface area contributed by atoms with E-state index in [0.29, 0.717) is 5.56 Å². The molecular weight excluding hydrogens is 300 g/mol. The maximum Gasteiger partial charge on any atom is 0.356 e. The summed E-state index contributed by atoms with van der Waals surface area (Å²) in [7, 11) is 0. The molecule has 0 fully saturated rings. The molecule has 120 valence electrons. The Morgan fingerprint density at radius 1 is 1.26 bits per heavy atom. The van der Waals surface area contributed by atoms with E-state index in [4.69, 9.17) is 4.74 Å². The lowest BCUT2D eigenvalue weighted by Gasteiger charge is -2.18. The summed E-state index contributed by atoms with van der Waals surface area (Å²) in [5.74, 6) is -0.471. The SMILES string of the molecule is CCOC(=O)C1(C)N=C(c2ccc(C)cc2)n2c(=O)[nH]c(=O)n21. The Morgan fingerprint density at radius 2 is 1.91 bits per heavy atom. The van der Waals surface area contributed by atoms with Gasteiger partial charge in [-0.25, -0.2) is 19.4 Å². The van der Waals surface area contributed by atoms with E-state index in [1.54, 1.807) is 19.1 Å². The number of hydrogen-bond donors (Lipinski definition) is 1. The van der Waals surface area contributed by atoms with Crippen LogP contribution < -0.4 is 11.4 Å². The zero-order chi connectivity index (χ0) is 16.8. The largest absolute Gasteiger partial charge is 0.463 e.